The van der Waals surface area contributed by atoms with E-state index in [1.807, 2.05) is 18.2 Å². The third-order valence-electron chi connectivity index (χ3n) is 4.06. The highest BCUT2D eigenvalue weighted by molar-refractivity contribution is 5.74. The predicted molar refractivity (Wildman–Crippen MR) is 74.3 cm³/mol. The second-order valence-electron chi connectivity index (χ2n) is 5.12. The summed E-state index contributed by atoms with van der Waals surface area (Å²) >= 11 is 0. The lowest BCUT2D eigenvalue weighted by molar-refractivity contribution is -0.146. The lowest BCUT2D eigenvalue weighted by Crippen LogP contribution is -2.23. The molecule has 2 atom stereocenters. The van der Waals surface area contributed by atoms with Gasteiger partial charge in [-0.15, -0.1) is 0 Å². The first-order valence-electron chi connectivity index (χ1n) is 6.98. The van der Waals surface area contributed by atoms with Gasteiger partial charge in [-0.3, -0.25) is 4.79 Å². The summed E-state index contributed by atoms with van der Waals surface area (Å²) in [7, 11) is 3.16. The molecule has 1 aliphatic rings. The van der Waals surface area contributed by atoms with Crippen LogP contribution in [0, 0.1) is 5.92 Å². The van der Waals surface area contributed by atoms with Gasteiger partial charge in [0.2, 0.25) is 0 Å². The third kappa shape index (κ3) is 3.09. The molecule has 1 aromatic rings. The summed E-state index contributed by atoms with van der Waals surface area (Å²) < 4.78 is 10.4. The maximum atomic E-state index is 12.0. The minimum atomic E-state index is -0.0854. The summed E-state index contributed by atoms with van der Waals surface area (Å²) in [4.78, 5) is 12.0. The standard InChI is InChI=1S/C16H22O3/c1-18-15-11-7-6-9-13(15)12-8-4-3-5-10-14(12)16(17)19-2/h6-7,9,11-12,14H,3-5,8,10H2,1-2H3. The molecule has 0 spiro atoms. The van der Waals surface area contributed by atoms with E-state index in [0.717, 1.165) is 37.0 Å². The van der Waals surface area contributed by atoms with Gasteiger partial charge in [-0.1, -0.05) is 37.5 Å². The quantitative estimate of drug-likeness (QED) is 0.617. The van der Waals surface area contributed by atoms with Crippen molar-refractivity contribution >= 4 is 5.97 Å². The number of hydrogen-bond acceptors (Lipinski definition) is 3. The minimum Gasteiger partial charge on any atom is -0.496 e. The van der Waals surface area contributed by atoms with E-state index in [2.05, 4.69) is 6.07 Å². The Morgan fingerprint density at radius 2 is 1.84 bits per heavy atom. The van der Waals surface area contributed by atoms with E-state index < -0.39 is 0 Å². The molecule has 0 radical (unpaired) electrons. The summed E-state index contributed by atoms with van der Waals surface area (Å²) in [5, 5.41) is 0. The van der Waals surface area contributed by atoms with Crippen molar-refractivity contribution in [2.45, 2.75) is 38.0 Å². The molecule has 0 amide bonds. The fourth-order valence-electron chi connectivity index (χ4n) is 3.09. The zero-order chi connectivity index (χ0) is 13.7. The first-order valence-corrected chi connectivity index (χ1v) is 6.98. The van der Waals surface area contributed by atoms with Gasteiger partial charge in [-0.25, -0.2) is 0 Å². The molecule has 2 unspecified atom stereocenters. The van der Waals surface area contributed by atoms with Gasteiger partial charge in [-0.05, 0) is 24.5 Å². The van der Waals surface area contributed by atoms with Crippen molar-refractivity contribution in [3.63, 3.8) is 0 Å². The van der Waals surface area contributed by atoms with Crippen LogP contribution in [-0.2, 0) is 9.53 Å². The van der Waals surface area contributed by atoms with Gasteiger partial charge < -0.3 is 9.47 Å². The molecule has 3 nitrogen and oxygen atoms in total. The van der Waals surface area contributed by atoms with Crippen molar-refractivity contribution in [2.24, 2.45) is 5.92 Å². The second kappa shape index (κ2) is 6.60. The number of carbonyl (C=O) groups is 1. The van der Waals surface area contributed by atoms with Crippen LogP contribution >= 0.6 is 0 Å². The summed E-state index contributed by atoms with van der Waals surface area (Å²) in [5.41, 5.74) is 1.14. The first kappa shape index (κ1) is 13.9. The monoisotopic (exact) mass is 262 g/mol. The molecular formula is C16H22O3. The van der Waals surface area contributed by atoms with E-state index in [1.54, 1.807) is 7.11 Å². The molecule has 0 heterocycles. The van der Waals surface area contributed by atoms with Gasteiger partial charge in [0.15, 0.2) is 0 Å². The molecule has 19 heavy (non-hydrogen) atoms. The fraction of sp³-hybridized carbons (Fsp3) is 0.562. The Balaban J connectivity index is 2.33. The number of benzene rings is 1. The number of ether oxygens (including phenoxy) is 2. The zero-order valence-corrected chi connectivity index (χ0v) is 11.7. The number of para-hydroxylation sites is 1. The first-order chi connectivity index (χ1) is 9.27. The highest BCUT2D eigenvalue weighted by Crippen LogP contribution is 2.40. The van der Waals surface area contributed by atoms with Crippen molar-refractivity contribution in [3.8, 4) is 5.75 Å². The van der Waals surface area contributed by atoms with Crippen LogP contribution in [0.25, 0.3) is 0 Å². The molecule has 0 aliphatic heterocycles. The van der Waals surface area contributed by atoms with Crippen molar-refractivity contribution in [2.75, 3.05) is 14.2 Å². The van der Waals surface area contributed by atoms with Crippen LogP contribution in [-0.4, -0.2) is 20.2 Å². The van der Waals surface area contributed by atoms with Crippen LogP contribution in [0.3, 0.4) is 0 Å². The molecule has 104 valence electrons. The molecule has 2 rings (SSSR count). The Bertz CT molecular complexity index is 428. The molecule has 0 N–H and O–H groups in total. The van der Waals surface area contributed by atoms with E-state index in [-0.39, 0.29) is 17.8 Å². The van der Waals surface area contributed by atoms with Gasteiger partial charge >= 0.3 is 5.97 Å². The van der Waals surface area contributed by atoms with Crippen LogP contribution < -0.4 is 4.74 Å². The Kier molecular flexibility index (Phi) is 4.83. The molecule has 1 aliphatic carbocycles. The van der Waals surface area contributed by atoms with Crippen molar-refractivity contribution in [1.29, 1.82) is 0 Å². The lowest BCUT2D eigenvalue weighted by Gasteiger charge is -2.24. The molecule has 1 aromatic carbocycles. The summed E-state index contributed by atoms with van der Waals surface area (Å²) in [5.74, 6) is 0.969. The largest absolute Gasteiger partial charge is 0.496 e. The molecule has 3 heteroatoms. The maximum absolute atomic E-state index is 12.0. The molecule has 1 saturated carbocycles. The van der Waals surface area contributed by atoms with E-state index in [1.165, 1.54) is 13.5 Å². The van der Waals surface area contributed by atoms with E-state index in [0.29, 0.717) is 0 Å². The predicted octanol–water partition coefficient (Wildman–Crippen LogP) is 3.53. The minimum absolute atomic E-state index is 0.0381. The molecule has 1 fully saturated rings. The summed E-state index contributed by atoms with van der Waals surface area (Å²) in [6.45, 7) is 0. The Labute approximate surface area is 114 Å². The van der Waals surface area contributed by atoms with Crippen LogP contribution in [0.4, 0.5) is 0 Å². The van der Waals surface area contributed by atoms with Gasteiger partial charge in [0, 0.05) is 5.92 Å². The van der Waals surface area contributed by atoms with Gasteiger partial charge in [0.05, 0.1) is 20.1 Å². The Hall–Kier alpha value is -1.51. The number of methoxy groups -OCH3 is 2. The highest BCUT2D eigenvalue weighted by atomic mass is 16.5. The topological polar surface area (TPSA) is 35.5 Å². The third-order valence-corrected chi connectivity index (χ3v) is 4.06. The molecule has 0 aromatic heterocycles. The van der Waals surface area contributed by atoms with Gasteiger partial charge in [0.25, 0.3) is 0 Å². The molecule has 0 bridgehead atoms. The maximum Gasteiger partial charge on any atom is 0.309 e. The van der Waals surface area contributed by atoms with Crippen LogP contribution in [0.15, 0.2) is 24.3 Å². The van der Waals surface area contributed by atoms with E-state index >= 15 is 0 Å². The fourth-order valence-corrected chi connectivity index (χ4v) is 3.09. The summed E-state index contributed by atoms with van der Waals surface area (Å²) in [6.07, 6.45) is 5.40. The lowest BCUT2D eigenvalue weighted by atomic mass is 9.82. The Morgan fingerprint density at radius 3 is 2.58 bits per heavy atom. The smallest absolute Gasteiger partial charge is 0.309 e. The van der Waals surface area contributed by atoms with Crippen molar-refractivity contribution in [3.05, 3.63) is 29.8 Å². The zero-order valence-electron chi connectivity index (χ0n) is 11.7. The number of hydrogen-bond donors (Lipinski definition) is 0. The second-order valence-corrected chi connectivity index (χ2v) is 5.12. The Morgan fingerprint density at radius 1 is 1.11 bits per heavy atom. The van der Waals surface area contributed by atoms with E-state index in [9.17, 15) is 4.79 Å². The SMILES string of the molecule is COC(=O)C1CCCCCC1c1ccccc1OC. The average molecular weight is 262 g/mol. The highest BCUT2D eigenvalue weighted by Gasteiger charge is 2.32. The van der Waals surface area contributed by atoms with Gasteiger partial charge in [0.1, 0.15) is 5.75 Å². The number of carbonyl (C=O) groups excluding carboxylic acids is 1. The number of esters is 1. The average Bonchev–Trinajstić information content (AvgIpc) is 2.72. The van der Waals surface area contributed by atoms with Gasteiger partial charge in [-0.2, -0.15) is 0 Å². The normalized spacial score (nSPS) is 23.5. The van der Waals surface area contributed by atoms with Crippen molar-refractivity contribution < 1.29 is 14.3 Å². The van der Waals surface area contributed by atoms with Crippen LogP contribution in [0.5, 0.6) is 5.75 Å². The molecular weight excluding hydrogens is 240 g/mol. The van der Waals surface area contributed by atoms with Crippen LogP contribution in [0.2, 0.25) is 0 Å². The van der Waals surface area contributed by atoms with E-state index in [4.69, 9.17) is 9.47 Å². The van der Waals surface area contributed by atoms with Crippen LogP contribution in [0.1, 0.15) is 43.6 Å². The molecule has 0 saturated heterocycles. The number of rotatable bonds is 3. The van der Waals surface area contributed by atoms with Crippen molar-refractivity contribution in [1.82, 2.24) is 0 Å². The summed E-state index contributed by atoms with van der Waals surface area (Å²) in [6, 6.07) is 8.02.